The van der Waals surface area contributed by atoms with Gasteiger partial charge in [0.05, 0.1) is 27.7 Å². The molecule has 4 rings (SSSR count). The van der Waals surface area contributed by atoms with Gasteiger partial charge in [0.15, 0.2) is 5.65 Å². The molecule has 1 aromatic carbocycles. The molecule has 9 nitrogen and oxygen atoms in total. The number of pyridine rings is 2. The number of nitro benzene ring substituents is 1. The molecule has 144 valence electrons. The molecule has 1 unspecified atom stereocenters. The fourth-order valence-corrected chi connectivity index (χ4v) is 3.21. The quantitative estimate of drug-likeness (QED) is 0.391. The maximum Gasteiger partial charge on any atom is 0.337 e. The van der Waals surface area contributed by atoms with Crippen molar-refractivity contribution in [3.8, 4) is 5.69 Å². The third kappa shape index (κ3) is 3.08. The first kappa shape index (κ1) is 18.2. The van der Waals surface area contributed by atoms with Gasteiger partial charge in [-0.2, -0.15) is 0 Å². The number of rotatable bonds is 4. The summed E-state index contributed by atoms with van der Waals surface area (Å²) in [7, 11) is 0. The zero-order valence-electron chi connectivity index (χ0n) is 15.3. The highest BCUT2D eigenvalue weighted by Crippen LogP contribution is 2.18. The van der Waals surface area contributed by atoms with Crippen molar-refractivity contribution in [2.24, 2.45) is 0 Å². The lowest BCUT2D eigenvalue weighted by Gasteiger charge is -2.17. The Bertz CT molecular complexity index is 1330. The molecule has 0 amide bonds. The second-order valence-electron chi connectivity index (χ2n) is 6.37. The highest BCUT2D eigenvalue weighted by Gasteiger charge is 2.21. The number of benzene rings is 1. The number of hydrogen-bond acceptors (Lipinski definition) is 6. The van der Waals surface area contributed by atoms with E-state index in [-0.39, 0.29) is 16.7 Å². The molecule has 0 bridgehead atoms. The van der Waals surface area contributed by atoms with Gasteiger partial charge in [-0.25, -0.2) is 14.3 Å². The lowest BCUT2D eigenvalue weighted by molar-refractivity contribution is -0.384. The molecule has 0 aliphatic rings. The van der Waals surface area contributed by atoms with E-state index < -0.39 is 22.2 Å². The van der Waals surface area contributed by atoms with Crippen molar-refractivity contribution >= 4 is 16.7 Å². The topological polar surface area (TPSA) is 113 Å². The summed E-state index contributed by atoms with van der Waals surface area (Å²) < 4.78 is 2.40. The number of nitrogens with zero attached hydrogens (tertiary/aromatic N) is 5. The number of aromatic nitrogens is 4. The Labute approximate surface area is 163 Å². The molecule has 0 saturated heterocycles. The molecule has 0 aliphatic carbocycles. The summed E-state index contributed by atoms with van der Waals surface area (Å²) in [6.07, 6.45) is 3.07. The van der Waals surface area contributed by atoms with Crippen LogP contribution < -0.4 is 11.2 Å². The molecule has 9 heteroatoms. The van der Waals surface area contributed by atoms with Gasteiger partial charge in [0.2, 0.25) is 0 Å². The normalized spacial score (nSPS) is 12.0. The smallest absolute Gasteiger partial charge is 0.268 e. The Morgan fingerprint density at radius 3 is 2.34 bits per heavy atom. The van der Waals surface area contributed by atoms with Crippen LogP contribution in [0.3, 0.4) is 0 Å². The standard InChI is InChI=1S/C20H15N5O4/c1-13(17-6-2-3-11-21-17)23-19(26)16-5-4-12-22-18(16)24(20(23)27)14-7-9-15(10-8-14)25(28)29/h2-13H,1H3. The van der Waals surface area contributed by atoms with E-state index in [2.05, 4.69) is 9.97 Å². The fourth-order valence-electron chi connectivity index (χ4n) is 3.21. The molecule has 3 aromatic heterocycles. The first-order valence-electron chi connectivity index (χ1n) is 8.77. The lowest BCUT2D eigenvalue weighted by Crippen LogP contribution is -2.41. The van der Waals surface area contributed by atoms with Crippen molar-refractivity contribution in [2.75, 3.05) is 0 Å². The van der Waals surface area contributed by atoms with E-state index in [1.807, 2.05) is 0 Å². The van der Waals surface area contributed by atoms with E-state index in [0.29, 0.717) is 11.4 Å². The van der Waals surface area contributed by atoms with E-state index in [9.17, 15) is 19.7 Å². The summed E-state index contributed by atoms with van der Waals surface area (Å²) in [6.45, 7) is 1.72. The largest absolute Gasteiger partial charge is 0.337 e. The minimum atomic E-state index is -0.620. The number of fused-ring (bicyclic) bond motifs is 1. The summed E-state index contributed by atoms with van der Waals surface area (Å²) in [5.74, 6) is 0. The highest BCUT2D eigenvalue weighted by molar-refractivity contribution is 5.75. The molecule has 0 N–H and O–H groups in total. The van der Waals surface area contributed by atoms with Gasteiger partial charge in [0.1, 0.15) is 0 Å². The van der Waals surface area contributed by atoms with E-state index in [0.717, 1.165) is 4.57 Å². The van der Waals surface area contributed by atoms with Gasteiger partial charge < -0.3 is 0 Å². The Hall–Kier alpha value is -4.14. The van der Waals surface area contributed by atoms with Crippen LogP contribution in [0.5, 0.6) is 0 Å². The van der Waals surface area contributed by atoms with Crippen LogP contribution in [-0.4, -0.2) is 24.0 Å². The maximum atomic E-state index is 13.4. The van der Waals surface area contributed by atoms with Gasteiger partial charge >= 0.3 is 5.69 Å². The predicted molar refractivity (Wildman–Crippen MR) is 106 cm³/mol. The third-order valence-corrected chi connectivity index (χ3v) is 4.67. The van der Waals surface area contributed by atoms with Crippen molar-refractivity contribution in [2.45, 2.75) is 13.0 Å². The summed E-state index contributed by atoms with van der Waals surface area (Å²) in [5, 5.41) is 11.2. The molecule has 0 aliphatic heterocycles. The minimum absolute atomic E-state index is 0.103. The van der Waals surface area contributed by atoms with Crippen LogP contribution in [0.15, 0.2) is 76.6 Å². The molecule has 0 saturated carbocycles. The molecule has 1 atom stereocenters. The molecular weight excluding hydrogens is 374 g/mol. The second kappa shape index (κ2) is 7.12. The van der Waals surface area contributed by atoms with Gasteiger partial charge in [-0.1, -0.05) is 6.07 Å². The summed E-state index contributed by atoms with van der Waals surface area (Å²) in [5.41, 5.74) is -0.0749. The molecule has 0 radical (unpaired) electrons. The molecule has 3 heterocycles. The molecule has 0 fully saturated rings. The zero-order valence-corrected chi connectivity index (χ0v) is 15.3. The SMILES string of the molecule is CC(c1ccccn1)n1c(=O)c2cccnc2n(-c2ccc([N+](=O)[O-])cc2)c1=O. The van der Waals surface area contributed by atoms with Crippen LogP contribution in [0.25, 0.3) is 16.7 Å². The predicted octanol–water partition coefficient (Wildman–Crippen LogP) is 2.46. The third-order valence-electron chi connectivity index (χ3n) is 4.67. The van der Waals surface area contributed by atoms with Gasteiger partial charge in [-0.05, 0) is 43.3 Å². The second-order valence-corrected chi connectivity index (χ2v) is 6.37. The fraction of sp³-hybridized carbons (Fsp3) is 0.100. The molecular formula is C20H15N5O4. The van der Waals surface area contributed by atoms with Crippen molar-refractivity contribution in [1.82, 2.24) is 19.1 Å². The number of hydrogen-bond donors (Lipinski definition) is 0. The summed E-state index contributed by atoms with van der Waals surface area (Å²) >= 11 is 0. The van der Waals surface area contributed by atoms with Crippen LogP contribution in [0.4, 0.5) is 5.69 Å². The summed E-state index contributed by atoms with van der Waals surface area (Å²) in [6, 6.07) is 13.4. The van der Waals surface area contributed by atoms with Crippen LogP contribution in [-0.2, 0) is 0 Å². The highest BCUT2D eigenvalue weighted by atomic mass is 16.6. The summed E-state index contributed by atoms with van der Waals surface area (Å²) in [4.78, 5) is 45.3. The maximum absolute atomic E-state index is 13.4. The van der Waals surface area contributed by atoms with Crippen molar-refractivity contribution < 1.29 is 4.92 Å². The monoisotopic (exact) mass is 389 g/mol. The van der Waals surface area contributed by atoms with E-state index in [1.165, 1.54) is 35.0 Å². The van der Waals surface area contributed by atoms with Gasteiger partial charge in [0.25, 0.3) is 11.2 Å². The van der Waals surface area contributed by atoms with Gasteiger partial charge in [0, 0.05) is 24.5 Å². The van der Waals surface area contributed by atoms with E-state index in [1.54, 1.807) is 43.5 Å². The van der Waals surface area contributed by atoms with E-state index in [4.69, 9.17) is 0 Å². The van der Waals surface area contributed by atoms with Crippen LogP contribution in [0.2, 0.25) is 0 Å². The Kier molecular flexibility index (Phi) is 4.47. The lowest BCUT2D eigenvalue weighted by atomic mass is 10.2. The Morgan fingerprint density at radius 2 is 1.69 bits per heavy atom. The van der Waals surface area contributed by atoms with Crippen LogP contribution in [0.1, 0.15) is 18.7 Å². The minimum Gasteiger partial charge on any atom is -0.268 e. The number of nitro groups is 1. The van der Waals surface area contributed by atoms with Crippen molar-refractivity contribution in [3.05, 3.63) is 104 Å². The first-order valence-corrected chi connectivity index (χ1v) is 8.77. The number of non-ortho nitro benzene ring substituents is 1. The average molecular weight is 389 g/mol. The van der Waals surface area contributed by atoms with Gasteiger partial charge in [-0.15, -0.1) is 0 Å². The van der Waals surface area contributed by atoms with Crippen molar-refractivity contribution in [1.29, 1.82) is 0 Å². The molecule has 4 aromatic rings. The van der Waals surface area contributed by atoms with E-state index >= 15 is 0 Å². The molecule has 29 heavy (non-hydrogen) atoms. The van der Waals surface area contributed by atoms with Crippen molar-refractivity contribution in [3.63, 3.8) is 0 Å². The zero-order chi connectivity index (χ0) is 20.5. The Balaban J connectivity index is 2.03. The average Bonchev–Trinajstić information content (AvgIpc) is 2.75. The molecule has 0 spiro atoms. The van der Waals surface area contributed by atoms with Crippen LogP contribution >= 0.6 is 0 Å². The first-order chi connectivity index (χ1) is 14.0. The van der Waals surface area contributed by atoms with Gasteiger partial charge in [-0.3, -0.25) is 24.5 Å². The Morgan fingerprint density at radius 1 is 0.966 bits per heavy atom. The van der Waals surface area contributed by atoms with Crippen LogP contribution in [0, 0.1) is 10.1 Å².